The van der Waals surface area contributed by atoms with E-state index in [0.29, 0.717) is 0 Å². The van der Waals surface area contributed by atoms with Crippen LogP contribution < -0.4 is 0 Å². The molecule has 0 fully saturated rings. The number of rotatable bonds is 5. The molecule has 0 radical (unpaired) electrons. The van der Waals surface area contributed by atoms with Crippen LogP contribution in [0.3, 0.4) is 0 Å². The third-order valence-electron chi connectivity index (χ3n) is 3.49. The Hall–Kier alpha value is -2.13. The third-order valence-corrected chi connectivity index (χ3v) is 3.49. The maximum absolute atomic E-state index is 12.0. The van der Waals surface area contributed by atoms with Crippen molar-refractivity contribution in [2.24, 2.45) is 5.92 Å². The molecule has 21 heavy (non-hydrogen) atoms. The molecule has 0 spiro atoms. The van der Waals surface area contributed by atoms with Gasteiger partial charge in [0.15, 0.2) is 0 Å². The topological polar surface area (TPSA) is 46.5 Å². The smallest absolute Gasteiger partial charge is 0.311 e. The van der Waals surface area contributed by atoms with E-state index in [1.807, 2.05) is 61.5 Å². The van der Waals surface area contributed by atoms with Gasteiger partial charge >= 0.3 is 5.97 Å². The highest BCUT2D eigenvalue weighted by Gasteiger charge is 2.24. The summed E-state index contributed by atoms with van der Waals surface area (Å²) in [7, 11) is 0. The average molecular weight is 284 g/mol. The van der Waals surface area contributed by atoms with Gasteiger partial charge in [0.25, 0.3) is 0 Å². The first-order chi connectivity index (χ1) is 10.1. The number of hydrogen-bond donors (Lipinski definition) is 1. The Bertz CT molecular complexity index is 575. The molecule has 0 saturated carbocycles. The zero-order chi connectivity index (χ0) is 15.2. The molecule has 2 atom stereocenters. The highest BCUT2D eigenvalue weighted by Crippen LogP contribution is 2.23. The van der Waals surface area contributed by atoms with Crippen LogP contribution in [0.25, 0.3) is 0 Å². The first kappa shape index (κ1) is 15.3. The molecule has 3 nitrogen and oxygen atoms in total. The van der Waals surface area contributed by atoms with Gasteiger partial charge in [-0.3, -0.25) is 4.79 Å². The predicted molar refractivity (Wildman–Crippen MR) is 81.5 cm³/mol. The first-order valence-corrected chi connectivity index (χ1v) is 7.03. The molecule has 0 aliphatic rings. The van der Waals surface area contributed by atoms with E-state index in [2.05, 4.69) is 0 Å². The zero-order valence-electron chi connectivity index (χ0n) is 12.3. The summed E-state index contributed by atoms with van der Waals surface area (Å²) in [6.45, 7) is 3.89. The zero-order valence-corrected chi connectivity index (χ0v) is 12.3. The van der Waals surface area contributed by atoms with E-state index in [1.165, 1.54) is 0 Å². The second-order valence-corrected chi connectivity index (χ2v) is 5.24. The summed E-state index contributed by atoms with van der Waals surface area (Å²) in [5.74, 6) is -0.997. The number of benzene rings is 2. The van der Waals surface area contributed by atoms with E-state index in [9.17, 15) is 9.90 Å². The molecule has 0 bridgehead atoms. The van der Waals surface area contributed by atoms with Crippen molar-refractivity contribution < 1.29 is 14.6 Å². The molecule has 2 aromatic rings. The Labute approximate surface area is 125 Å². The molecule has 1 N–H and O–H groups in total. The van der Waals surface area contributed by atoms with Crippen molar-refractivity contribution in [3.05, 3.63) is 71.3 Å². The van der Waals surface area contributed by atoms with Crippen LogP contribution in [-0.4, -0.2) is 11.1 Å². The minimum atomic E-state index is -0.853. The van der Waals surface area contributed by atoms with Crippen LogP contribution in [0, 0.1) is 12.8 Å². The minimum Gasteiger partial charge on any atom is -0.461 e. The van der Waals surface area contributed by atoms with E-state index in [0.717, 1.165) is 16.7 Å². The quantitative estimate of drug-likeness (QED) is 0.856. The van der Waals surface area contributed by atoms with E-state index >= 15 is 0 Å². The van der Waals surface area contributed by atoms with Gasteiger partial charge in [-0.2, -0.15) is 0 Å². The van der Waals surface area contributed by atoms with Gasteiger partial charge in [-0.05, 0) is 25.0 Å². The molecule has 0 unspecified atom stereocenters. The van der Waals surface area contributed by atoms with Gasteiger partial charge in [0.1, 0.15) is 6.61 Å². The van der Waals surface area contributed by atoms with Gasteiger partial charge in [0.05, 0.1) is 12.0 Å². The van der Waals surface area contributed by atoms with Crippen LogP contribution in [-0.2, 0) is 16.1 Å². The number of carbonyl (C=O) groups excluding carboxylic acids is 1. The van der Waals surface area contributed by atoms with Crippen LogP contribution in [0.4, 0.5) is 0 Å². The van der Waals surface area contributed by atoms with Crippen molar-refractivity contribution in [1.29, 1.82) is 0 Å². The molecular formula is C18H20O3. The average Bonchev–Trinajstić information content (AvgIpc) is 2.53. The molecule has 110 valence electrons. The predicted octanol–water partition coefficient (Wildman–Crippen LogP) is 3.41. The fraction of sp³-hybridized carbons (Fsp3) is 0.278. The second kappa shape index (κ2) is 7.04. The Morgan fingerprint density at radius 3 is 2.33 bits per heavy atom. The first-order valence-electron chi connectivity index (χ1n) is 7.03. The second-order valence-electron chi connectivity index (χ2n) is 5.24. The largest absolute Gasteiger partial charge is 0.461 e. The number of aliphatic hydroxyl groups is 1. The fourth-order valence-corrected chi connectivity index (χ4v) is 2.04. The molecule has 0 aliphatic heterocycles. The van der Waals surface area contributed by atoms with E-state index < -0.39 is 18.0 Å². The van der Waals surface area contributed by atoms with Gasteiger partial charge < -0.3 is 9.84 Å². The SMILES string of the molecule is Cc1ccc([C@@H](O)[C@H](C)C(=O)OCc2ccccc2)cc1. The number of aryl methyl sites for hydroxylation is 1. The molecule has 0 aliphatic carbocycles. The summed E-state index contributed by atoms with van der Waals surface area (Å²) >= 11 is 0. The van der Waals surface area contributed by atoms with Crippen LogP contribution in [0.1, 0.15) is 29.7 Å². The highest BCUT2D eigenvalue weighted by atomic mass is 16.5. The van der Waals surface area contributed by atoms with Gasteiger partial charge in [0, 0.05) is 0 Å². The summed E-state index contributed by atoms with van der Waals surface area (Å²) in [6, 6.07) is 17.0. The molecule has 0 saturated heterocycles. The van der Waals surface area contributed by atoms with Crippen molar-refractivity contribution in [1.82, 2.24) is 0 Å². The van der Waals surface area contributed by atoms with Crippen LogP contribution in [0.2, 0.25) is 0 Å². The van der Waals surface area contributed by atoms with E-state index in [-0.39, 0.29) is 6.61 Å². The molecular weight excluding hydrogens is 264 g/mol. The normalized spacial score (nSPS) is 13.5. The van der Waals surface area contributed by atoms with E-state index in [1.54, 1.807) is 6.92 Å². The number of ether oxygens (including phenoxy) is 1. The fourth-order valence-electron chi connectivity index (χ4n) is 2.04. The number of carbonyl (C=O) groups is 1. The van der Waals surface area contributed by atoms with Crippen molar-refractivity contribution in [3.63, 3.8) is 0 Å². The van der Waals surface area contributed by atoms with Crippen molar-refractivity contribution in [2.45, 2.75) is 26.6 Å². The summed E-state index contributed by atoms with van der Waals surface area (Å²) in [5.41, 5.74) is 2.78. The van der Waals surface area contributed by atoms with Crippen LogP contribution in [0.5, 0.6) is 0 Å². The lowest BCUT2D eigenvalue weighted by molar-refractivity contribution is -0.153. The van der Waals surface area contributed by atoms with Gasteiger partial charge in [0.2, 0.25) is 0 Å². The number of aliphatic hydroxyl groups excluding tert-OH is 1. The summed E-state index contributed by atoms with van der Waals surface area (Å²) in [6.07, 6.45) is -0.853. The third kappa shape index (κ3) is 4.17. The maximum Gasteiger partial charge on any atom is 0.311 e. The van der Waals surface area contributed by atoms with E-state index in [4.69, 9.17) is 4.74 Å². The summed E-state index contributed by atoms with van der Waals surface area (Å²) < 4.78 is 5.26. The Morgan fingerprint density at radius 1 is 1.10 bits per heavy atom. The van der Waals surface area contributed by atoms with Crippen molar-refractivity contribution in [3.8, 4) is 0 Å². The molecule has 0 heterocycles. The standard InChI is InChI=1S/C18H20O3/c1-13-8-10-16(11-9-13)17(19)14(2)18(20)21-12-15-6-4-3-5-7-15/h3-11,14,17,19H,12H2,1-2H3/t14-,17-/m0/s1. The van der Waals surface area contributed by atoms with Crippen LogP contribution in [0.15, 0.2) is 54.6 Å². The Kier molecular flexibility index (Phi) is 5.12. The van der Waals surface area contributed by atoms with Gasteiger partial charge in [-0.15, -0.1) is 0 Å². The minimum absolute atomic E-state index is 0.227. The summed E-state index contributed by atoms with van der Waals surface area (Å²) in [4.78, 5) is 12.0. The van der Waals surface area contributed by atoms with Crippen molar-refractivity contribution >= 4 is 5.97 Å². The lowest BCUT2D eigenvalue weighted by atomic mass is 9.97. The highest BCUT2D eigenvalue weighted by molar-refractivity contribution is 5.73. The number of esters is 1. The molecule has 0 amide bonds. The van der Waals surface area contributed by atoms with Crippen molar-refractivity contribution in [2.75, 3.05) is 0 Å². The summed E-state index contributed by atoms with van der Waals surface area (Å²) in [5, 5.41) is 10.2. The lowest BCUT2D eigenvalue weighted by Crippen LogP contribution is -2.21. The lowest BCUT2D eigenvalue weighted by Gasteiger charge is -2.18. The molecule has 3 heteroatoms. The van der Waals surface area contributed by atoms with Gasteiger partial charge in [-0.1, -0.05) is 60.2 Å². The molecule has 2 rings (SSSR count). The molecule has 2 aromatic carbocycles. The monoisotopic (exact) mass is 284 g/mol. The number of hydrogen-bond acceptors (Lipinski definition) is 3. The van der Waals surface area contributed by atoms with Crippen LogP contribution >= 0.6 is 0 Å². The van der Waals surface area contributed by atoms with Gasteiger partial charge in [-0.25, -0.2) is 0 Å². The maximum atomic E-state index is 12.0. The Balaban J connectivity index is 1.94. The Morgan fingerprint density at radius 2 is 1.71 bits per heavy atom. The molecule has 0 aromatic heterocycles.